The fourth-order valence-electron chi connectivity index (χ4n) is 1.92. The molecular formula is C18H24O4. The first kappa shape index (κ1) is 18.0. The van der Waals surface area contributed by atoms with Gasteiger partial charge in [0.15, 0.2) is 0 Å². The van der Waals surface area contributed by atoms with Crippen molar-refractivity contribution < 1.29 is 19.1 Å². The summed E-state index contributed by atoms with van der Waals surface area (Å²) in [4.78, 5) is 23.4. The van der Waals surface area contributed by atoms with Gasteiger partial charge in [0.25, 0.3) is 0 Å². The molecule has 4 nitrogen and oxygen atoms in total. The molecule has 0 unspecified atom stereocenters. The summed E-state index contributed by atoms with van der Waals surface area (Å²) in [6.45, 7) is 4.59. The number of hydrogen-bond donors (Lipinski definition) is 0. The summed E-state index contributed by atoms with van der Waals surface area (Å²) in [7, 11) is 0. The van der Waals surface area contributed by atoms with Gasteiger partial charge < -0.3 is 9.47 Å². The highest BCUT2D eigenvalue weighted by molar-refractivity contribution is 5.92. The van der Waals surface area contributed by atoms with E-state index in [1.807, 2.05) is 37.3 Å². The van der Waals surface area contributed by atoms with E-state index >= 15 is 0 Å². The highest BCUT2D eigenvalue weighted by Gasteiger charge is 2.09. The van der Waals surface area contributed by atoms with Crippen LogP contribution in [0.1, 0.15) is 45.1 Å². The molecule has 0 aliphatic rings. The van der Waals surface area contributed by atoms with Crippen LogP contribution in [-0.2, 0) is 19.1 Å². The topological polar surface area (TPSA) is 52.6 Å². The zero-order valence-corrected chi connectivity index (χ0v) is 13.3. The number of unbranched alkanes of at least 4 members (excludes halogenated alkanes) is 1. The molecule has 1 aromatic carbocycles. The summed E-state index contributed by atoms with van der Waals surface area (Å²) in [5.74, 6) is -0.625. The lowest BCUT2D eigenvalue weighted by atomic mass is 10.0. The van der Waals surface area contributed by atoms with Gasteiger partial charge in [-0.2, -0.15) is 0 Å². The largest absolute Gasteiger partial charge is 0.466 e. The molecule has 1 aromatic rings. The summed E-state index contributed by atoms with van der Waals surface area (Å²) < 4.78 is 10.1. The van der Waals surface area contributed by atoms with E-state index in [4.69, 9.17) is 9.47 Å². The van der Waals surface area contributed by atoms with E-state index in [-0.39, 0.29) is 18.4 Å². The van der Waals surface area contributed by atoms with E-state index in [0.29, 0.717) is 19.6 Å². The molecule has 0 bridgehead atoms. The number of ether oxygens (including phenoxy) is 2. The maximum Gasteiger partial charge on any atom is 0.331 e. The average molecular weight is 304 g/mol. The second-order valence-corrected chi connectivity index (χ2v) is 4.86. The van der Waals surface area contributed by atoms with Crippen molar-refractivity contribution in [3.8, 4) is 0 Å². The summed E-state index contributed by atoms with van der Waals surface area (Å²) >= 11 is 0. The third-order valence-electron chi connectivity index (χ3n) is 3.08. The second kappa shape index (κ2) is 10.6. The van der Waals surface area contributed by atoms with Gasteiger partial charge in [-0.3, -0.25) is 4.79 Å². The third-order valence-corrected chi connectivity index (χ3v) is 3.08. The summed E-state index contributed by atoms with van der Waals surface area (Å²) in [6.07, 6.45) is 4.02. The molecule has 0 amide bonds. The standard InChI is InChI=1S/C18H24O4/c1-3-5-13-22-17(19)12-11-16(14-18(20)21-4-2)15-9-7-6-8-10-15/h6-10,14H,3-5,11-13H2,1-2H3/b16-14-. The van der Waals surface area contributed by atoms with Crippen LogP contribution in [0.3, 0.4) is 0 Å². The molecule has 0 saturated carbocycles. The van der Waals surface area contributed by atoms with Gasteiger partial charge in [0, 0.05) is 12.5 Å². The highest BCUT2D eigenvalue weighted by atomic mass is 16.5. The molecule has 0 N–H and O–H groups in total. The number of hydrogen-bond acceptors (Lipinski definition) is 4. The van der Waals surface area contributed by atoms with Crippen molar-refractivity contribution in [1.29, 1.82) is 0 Å². The first-order chi connectivity index (χ1) is 10.7. The van der Waals surface area contributed by atoms with E-state index in [9.17, 15) is 9.59 Å². The monoisotopic (exact) mass is 304 g/mol. The van der Waals surface area contributed by atoms with Crippen molar-refractivity contribution >= 4 is 17.5 Å². The lowest BCUT2D eigenvalue weighted by Gasteiger charge is -2.08. The van der Waals surface area contributed by atoms with Crippen LogP contribution < -0.4 is 0 Å². The SMILES string of the molecule is CCCCOC(=O)CC/C(=C/C(=O)OCC)c1ccccc1. The molecule has 22 heavy (non-hydrogen) atoms. The van der Waals surface area contributed by atoms with Crippen molar-refractivity contribution in [1.82, 2.24) is 0 Å². The molecule has 0 saturated heterocycles. The van der Waals surface area contributed by atoms with Crippen LogP contribution in [0, 0.1) is 0 Å². The maximum atomic E-state index is 11.7. The van der Waals surface area contributed by atoms with Gasteiger partial charge in [-0.25, -0.2) is 4.79 Å². The van der Waals surface area contributed by atoms with Crippen molar-refractivity contribution in [2.75, 3.05) is 13.2 Å². The maximum absolute atomic E-state index is 11.7. The van der Waals surface area contributed by atoms with Crippen LogP contribution in [0.5, 0.6) is 0 Å². The van der Waals surface area contributed by atoms with Crippen molar-refractivity contribution in [2.45, 2.75) is 39.5 Å². The van der Waals surface area contributed by atoms with E-state index in [2.05, 4.69) is 0 Å². The molecule has 0 radical (unpaired) electrons. The number of allylic oxidation sites excluding steroid dienone is 1. The fourth-order valence-corrected chi connectivity index (χ4v) is 1.92. The molecule has 0 spiro atoms. The molecule has 0 fully saturated rings. The van der Waals surface area contributed by atoms with Gasteiger partial charge in [0.2, 0.25) is 0 Å². The van der Waals surface area contributed by atoms with E-state index in [1.165, 1.54) is 6.08 Å². The Morgan fingerprint density at radius 1 is 1.05 bits per heavy atom. The van der Waals surface area contributed by atoms with Gasteiger partial charge in [0.05, 0.1) is 13.2 Å². The minimum absolute atomic E-state index is 0.237. The molecule has 0 aliphatic carbocycles. The van der Waals surface area contributed by atoms with Gasteiger partial charge >= 0.3 is 11.9 Å². The van der Waals surface area contributed by atoms with Gasteiger partial charge in [0.1, 0.15) is 0 Å². The van der Waals surface area contributed by atoms with E-state index in [1.54, 1.807) is 6.92 Å². The van der Waals surface area contributed by atoms with Crippen LogP contribution in [0.25, 0.3) is 5.57 Å². The van der Waals surface area contributed by atoms with Crippen LogP contribution in [0.2, 0.25) is 0 Å². The van der Waals surface area contributed by atoms with E-state index in [0.717, 1.165) is 24.0 Å². The number of carbonyl (C=O) groups excluding carboxylic acids is 2. The Kier molecular flexibility index (Phi) is 8.65. The Morgan fingerprint density at radius 2 is 1.77 bits per heavy atom. The molecule has 0 aromatic heterocycles. The Morgan fingerprint density at radius 3 is 2.41 bits per heavy atom. The summed E-state index contributed by atoms with van der Waals surface area (Å²) in [5.41, 5.74) is 1.70. The summed E-state index contributed by atoms with van der Waals surface area (Å²) in [6, 6.07) is 9.52. The van der Waals surface area contributed by atoms with Crippen LogP contribution in [-0.4, -0.2) is 25.2 Å². The molecule has 0 atom stereocenters. The zero-order chi connectivity index (χ0) is 16.2. The van der Waals surface area contributed by atoms with E-state index < -0.39 is 0 Å². The number of carbonyl (C=O) groups is 2. The second-order valence-electron chi connectivity index (χ2n) is 4.86. The smallest absolute Gasteiger partial charge is 0.331 e. The number of esters is 2. The van der Waals surface area contributed by atoms with Crippen molar-refractivity contribution in [3.05, 3.63) is 42.0 Å². The molecular weight excluding hydrogens is 280 g/mol. The predicted molar refractivity (Wildman–Crippen MR) is 86.2 cm³/mol. The Balaban J connectivity index is 2.67. The van der Waals surface area contributed by atoms with Gasteiger partial charge in [-0.1, -0.05) is 43.7 Å². The Hall–Kier alpha value is -2.10. The van der Waals surface area contributed by atoms with Crippen LogP contribution >= 0.6 is 0 Å². The number of benzene rings is 1. The first-order valence-electron chi connectivity index (χ1n) is 7.75. The normalized spacial score (nSPS) is 11.1. The lowest BCUT2D eigenvalue weighted by Crippen LogP contribution is -2.07. The average Bonchev–Trinajstić information content (AvgIpc) is 2.53. The van der Waals surface area contributed by atoms with Gasteiger partial charge in [-0.15, -0.1) is 0 Å². The Labute approximate surface area is 132 Å². The van der Waals surface area contributed by atoms with Gasteiger partial charge in [-0.05, 0) is 30.9 Å². The Bertz CT molecular complexity index is 491. The third kappa shape index (κ3) is 7.07. The van der Waals surface area contributed by atoms with Crippen molar-refractivity contribution in [2.24, 2.45) is 0 Å². The lowest BCUT2D eigenvalue weighted by molar-refractivity contribution is -0.143. The zero-order valence-electron chi connectivity index (χ0n) is 13.3. The fraction of sp³-hybridized carbons (Fsp3) is 0.444. The summed E-state index contributed by atoms with van der Waals surface area (Å²) in [5, 5.41) is 0. The molecule has 0 heterocycles. The van der Waals surface area contributed by atoms with Crippen LogP contribution in [0.15, 0.2) is 36.4 Å². The quantitative estimate of drug-likeness (QED) is 0.396. The molecule has 4 heteroatoms. The first-order valence-corrected chi connectivity index (χ1v) is 7.75. The van der Waals surface area contributed by atoms with Crippen molar-refractivity contribution in [3.63, 3.8) is 0 Å². The molecule has 1 rings (SSSR count). The molecule has 0 aliphatic heterocycles. The number of rotatable bonds is 9. The minimum atomic E-state index is -0.388. The highest BCUT2D eigenvalue weighted by Crippen LogP contribution is 2.20. The van der Waals surface area contributed by atoms with Crippen LogP contribution in [0.4, 0.5) is 0 Å². The predicted octanol–water partition coefficient (Wildman–Crippen LogP) is 3.76. The minimum Gasteiger partial charge on any atom is -0.466 e. The molecule has 120 valence electrons.